The summed E-state index contributed by atoms with van der Waals surface area (Å²) in [5.74, 6) is -0.231. The van der Waals surface area contributed by atoms with E-state index < -0.39 is 0 Å². The molecule has 22 heavy (non-hydrogen) atoms. The molecule has 8 heteroatoms. The van der Waals surface area contributed by atoms with Gasteiger partial charge in [-0.2, -0.15) is 8.75 Å². The second-order valence-corrected chi connectivity index (χ2v) is 6.49. The Morgan fingerprint density at radius 2 is 2.00 bits per heavy atom. The Kier molecular flexibility index (Phi) is 3.25. The highest BCUT2D eigenvalue weighted by atomic mass is 35.5. The third kappa shape index (κ3) is 2.33. The number of hydrogen-bond donors (Lipinski definition) is 1. The van der Waals surface area contributed by atoms with E-state index in [9.17, 15) is 4.79 Å². The van der Waals surface area contributed by atoms with Gasteiger partial charge in [0.15, 0.2) is 5.13 Å². The van der Waals surface area contributed by atoms with E-state index in [1.54, 1.807) is 24.3 Å². The minimum atomic E-state index is -0.231. The molecule has 0 saturated heterocycles. The van der Waals surface area contributed by atoms with Crippen molar-refractivity contribution in [1.82, 2.24) is 13.7 Å². The van der Waals surface area contributed by atoms with Crippen molar-refractivity contribution in [3.8, 4) is 0 Å². The van der Waals surface area contributed by atoms with Crippen molar-refractivity contribution in [2.75, 3.05) is 5.32 Å². The summed E-state index contributed by atoms with van der Waals surface area (Å²) in [7, 11) is 0. The zero-order chi connectivity index (χ0) is 15.1. The van der Waals surface area contributed by atoms with Gasteiger partial charge < -0.3 is 0 Å². The van der Waals surface area contributed by atoms with Gasteiger partial charge >= 0.3 is 0 Å². The molecule has 0 spiro atoms. The fraction of sp³-hybridized carbons (Fsp3) is 0. The Balaban J connectivity index is 1.66. The van der Waals surface area contributed by atoms with Gasteiger partial charge in [-0.1, -0.05) is 29.0 Å². The van der Waals surface area contributed by atoms with Crippen molar-refractivity contribution >= 4 is 67.0 Å². The standard InChI is InChI=1S/C14H7ClN4OS2/c15-8-2-1-3-11-12(8)16-14(21-11)17-13(20)7-4-5-9-10(6-7)19-22-18-9/h1-6H,(H,16,17,20). The molecule has 0 saturated carbocycles. The topological polar surface area (TPSA) is 67.8 Å². The van der Waals surface area contributed by atoms with Gasteiger partial charge in [-0.25, -0.2) is 4.98 Å². The number of carbonyl (C=O) groups excluding carboxylic acids is 1. The van der Waals surface area contributed by atoms with Crippen LogP contribution in [0.5, 0.6) is 0 Å². The average molecular weight is 347 g/mol. The van der Waals surface area contributed by atoms with Gasteiger partial charge in [0.2, 0.25) is 0 Å². The van der Waals surface area contributed by atoms with Crippen LogP contribution in [0.1, 0.15) is 10.4 Å². The Bertz CT molecular complexity index is 1010. The van der Waals surface area contributed by atoms with Crippen LogP contribution in [-0.2, 0) is 0 Å². The van der Waals surface area contributed by atoms with Crippen molar-refractivity contribution in [1.29, 1.82) is 0 Å². The van der Waals surface area contributed by atoms with Gasteiger partial charge in [-0.15, -0.1) is 0 Å². The Morgan fingerprint density at radius 1 is 1.14 bits per heavy atom. The molecule has 0 aliphatic rings. The summed E-state index contributed by atoms with van der Waals surface area (Å²) in [4.78, 5) is 16.7. The van der Waals surface area contributed by atoms with Gasteiger partial charge in [0, 0.05) is 5.56 Å². The van der Waals surface area contributed by atoms with E-state index in [4.69, 9.17) is 11.6 Å². The smallest absolute Gasteiger partial charge is 0.257 e. The highest BCUT2D eigenvalue weighted by Gasteiger charge is 2.12. The number of nitrogens with zero attached hydrogens (tertiary/aromatic N) is 3. The monoisotopic (exact) mass is 346 g/mol. The molecule has 4 aromatic rings. The summed E-state index contributed by atoms with van der Waals surface area (Å²) in [6.45, 7) is 0. The van der Waals surface area contributed by atoms with Crippen LogP contribution in [0.15, 0.2) is 36.4 Å². The van der Waals surface area contributed by atoms with Gasteiger partial charge in [0.25, 0.3) is 5.91 Å². The molecule has 0 radical (unpaired) electrons. The first-order chi connectivity index (χ1) is 10.7. The van der Waals surface area contributed by atoms with Crippen molar-refractivity contribution in [3.05, 3.63) is 47.0 Å². The van der Waals surface area contributed by atoms with Crippen LogP contribution in [0.3, 0.4) is 0 Å². The first-order valence-electron chi connectivity index (χ1n) is 6.29. The zero-order valence-electron chi connectivity index (χ0n) is 10.9. The number of hydrogen-bond acceptors (Lipinski definition) is 6. The molecule has 0 bridgehead atoms. The summed E-state index contributed by atoms with van der Waals surface area (Å²) in [5, 5.41) is 3.89. The molecule has 108 valence electrons. The molecular weight excluding hydrogens is 340 g/mol. The predicted molar refractivity (Wildman–Crippen MR) is 90.0 cm³/mol. The van der Waals surface area contributed by atoms with Crippen molar-refractivity contribution in [3.63, 3.8) is 0 Å². The second-order valence-electron chi connectivity index (χ2n) is 4.53. The molecule has 2 heterocycles. The van der Waals surface area contributed by atoms with Gasteiger partial charge in [-0.3, -0.25) is 10.1 Å². The van der Waals surface area contributed by atoms with Crippen LogP contribution in [0.2, 0.25) is 5.02 Å². The molecule has 0 fully saturated rings. The van der Waals surface area contributed by atoms with E-state index in [-0.39, 0.29) is 5.91 Å². The minimum Gasteiger partial charge on any atom is -0.298 e. The molecule has 0 aliphatic carbocycles. The van der Waals surface area contributed by atoms with Crippen molar-refractivity contribution in [2.24, 2.45) is 0 Å². The lowest BCUT2D eigenvalue weighted by Gasteiger charge is -2.00. The molecule has 1 amide bonds. The average Bonchev–Trinajstić information content (AvgIpc) is 3.13. The van der Waals surface area contributed by atoms with E-state index in [1.165, 1.54) is 11.3 Å². The van der Waals surface area contributed by atoms with Crippen molar-refractivity contribution in [2.45, 2.75) is 0 Å². The number of thiazole rings is 1. The fourth-order valence-corrected chi connectivity index (χ4v) is 3.74. The van der Waals surface area contributed by atoms with E-state index in [1.807, 2.05) is 12.1 Å². The first kappa shape index (κ1) is 13.6. The van der Waals surface area contributed by atoms with Crippen LogP contribution in [0, 0.1) is 0 Å². The summed E-state index contributed by atoms with van der Waals surface area (Å²) >= 11 is 8.61. The Labute approximate surface area is 137 Å². The number of nitrogens with one attached hydrogen (secondary N) is 1. The maximum atomic E-state index is 12.3. The van der Waals surface area contributed by atoms with Crippen molar-refractivity contribution < 1.29 is 4.79 Å². The van der Waals surface area contributed by atoms with Crippen LogP contribution < -0.4 is 5.32 Å². The quantitative estimate of drug-likeness (QED) is 0.590. The molecule has 1 N–H and O–H groups in total. The van der Waals surface area contributed by atoms with Gasteiger partial charge in [0.05, 0.1) is 21.5 Å². The highest BCUT2D eigenvalue weighted by Crippen LogP contribution is 2.30. The predicted octanol–water partition coefficient (Wildman–Crippen LogP) is 4.21. The number of para-hydroxylation sites is 1. The largest absolute Gasteiger partial charge is 0.298 e. The normalized spacial score (nSPS) is 11.1. The minimum absolute atomic E-state index is 0.231. The van der Waals surface area contributed by atoms with Gasteiger partial charge in [0.1, 0.15) is 16.6 Å². The number of anilines is 1. The van der Waals surface area contributed by atoms with E-state index >= 15 is 0 Å². The lowest BCUT2D eigenvalue weighted by atomic mass is 10.2. The maximum Gasteiger partial charge on any atom is 0.257 e. The number of fused-ring (bicyclic) bond motifs is 2. The number of benzene rings is 2. The van der Waals surface area contributed by atoms with Crippen LogP contribution in [0.25, 0.3) is 21.3 Å². The molecule has 0 atom stereocenters. The highest BCUT2D eigenvalue weighted by molar-refractivity contribution is 7.22. The van der Waals surface area contributed by atoms with E-state index in [2.05, 4.69) is 19.0 Å². The summed E-state index contributed by atoms with van der Waals surface area (Å²) in [6, 6.07) is 10.8. The molecule has 4 rings (SSSR count). The first-order valence-corrected chi connectivity index (χ1v) is 8.22. The molecule has 2 aromatic heterocycles. The van der Waals surface area contributed by atoms with Crippen LogP contribution in [0.4, 0.5) is 5.13 Å². The summed E-state index contributed by atoms with van der Waals surface area (Å²) in [5.41, 5.74) is 2.72. The SMILES string of the molecule is O=C(Nc1nc2c(Cl)cccc2s1)c1ccc2nsnc2c1. The third-order valence-electron chi connectivity index (χ3n) is 3.11. The van der Waals surface area contributed by atoms with Crippen LogP contribution >= 0.6 is 34.7 Å². The summed E-state index contributed by atoms with van der Waals surface area (Å²) in [6.07, 6.45) is 0. The number of rotatable bonds is 2. The number of aromatic nitrogens is 3. The lowest BCUT2D eigenvalue weighted by molar-refractivity contribution is 0.102. The number of amides is 1. The van der Waals surface area contributed by atoms with Crippen LogP contribution in [-0.4, -0.2) is 19.6 Å². The maximum absolute atomic E-state index is 12.3. The molecule has 2 aromatic carbocycles. The lowest BCUT2D eigenvalue weighted by Crippen LogP contribution is -2.11. The third-order valence-corrected chi connectivity index (χ3v) is 4.90. The number of halogens is 1. The second kappa shape index (κ2) is 5.28. The number of carbonyl (C=O) groups is 1. The fourth-order valence-electron chi connectivity index (χ4n) is 2.06. The zero-order valence-corrected chi connectivity index (χ0v) is 13.3. The molecule has 0 aliphatic heterocycles. The molecular formula is C14H7ClN4OS2. The summed E-state index contributed by atoms with van der Waals surface area (Å²) < 4.78 is 9.18. The Morgan fingerprint density at radius 3 is 2.86 bits per heavy atom. The molecule has 5 nitrogen and oxygen atoms in total. The van der Waals surface area contributed by atoms with E-state index in [0.29, 0.717) is 26.8 Å². The van der Waals surface area contributed by atoms with Gasteiger partial charge in [-0.05, 0) is 30.3 Å². The van der Waals surface area contributed by atoms with E-state index in [0.717, 1.165) is 21.9 Å². The Hall–Kier alpha value is -2.09. The molecule has 0 unspecified atom stereocenters.